The lowest BCUT2D eigenvalue weighted by molar-refractivity contribution is 0.357. The van der Waals surface area contributed by atoms with Crippen LogP contribution in [0, 0.1) is 0 Å². The van der Waals surface area contributed by atoms with Crippen molar-refractivity contribution in [3.05, 3.63) is 46.6 Å². The van der Waals surface area contributed by atoms with E-state index >= 15 is 0 Å². The van der Waals surface area contributed by atoms with Crippen molar-refractivity contribution in [3.8, 4) is 0 Å². The van der Waals surface area contributed by atoms with E-state index in [9.17, 15) is 0 Å². The molecule has 0 amide bonds. The molecule has 0 radical (unpaired) electrons. The molecule has 17 heavy (non-hydrogen) atoms. The largest absolute Gasteiger partial charge is 0.339 e. The molecular weight excluding hydrogens is 238 g/mol. The summed E-state index contributed by atoms with van der Waals surface area (Å²) >= 11 is 5.91. The van der Waals surface area contributed by atoms with Crippen LogP contribution in [0.2, 0.25) is 5.02 Å². The van der Waals surface area contributed by atoms with Crippen LogP contribution in [0.4, 0.5) is 0 Å². The second kappa shape index (κ2) is 5.29. The lowest BCUT2D eigenvalue weighted by Gasteiger charge is -1.99. The summed E-state index contributed by atoms with van der Waals surface area (Å²) in [6.07, 6.45) is 0.612. The average Bonchev–Trinajstić information content (AvgIpc) is 2.76. The number of halogens is 1. The third kappa shape index (κ3) is 3.05. The molecule has 0 bridgehead atoms. The highest BCUT2D eigenvalue weighted by atomic mass is 35.5. The second-order valence-corrected chi connectivity index (χ2v) is 4.43. The first-order chi connectivity index (χ1) is 8.19. The highest BCUT2D eigenvalue weighted by Gasteiger charge is 2.12. The van der Waals surface area contributed by atoms with Gasteiger partial charge >= 0.3 is 0 Å². The molecule has 5 heteroatoms. The molecule has 2 aromatic rings. The number of hydrogen-bond donors (Lipinski definition) is 1. The molecule has 2 N–H and O–H groups in total. The predicted octanol–water partition coefficient (Wildman–Crippen LogP) is 2.38. The molecule has 1 aromatic carbocycles. The summed E-state index contributed by atoms with van der Waals surface area (Å²) < 4.78 is 5.15. The van der Waals surface area contributed by atoms with E-state index in [2.05, 4.69) is 10.1 Å². The Bertz CT molecular complexity index is 498. The van der Waals surface area contributed by atoms with E-state index in [0.29, 0.717) is 29.7 Å². The van der Waals surface area contributed by atoms with Gasteiger partial charge in [-0.3, -0.25) is 0 Å². The lowest BCUT2D eigenvalue weighted by atomic mass is 10.1. The predicted molar refractivity (Wildman–Crippen MR) is 66.0 cm³/mol. The zero-order valence-electron chi connectivity index (χ0n) is 9.56. The van der Waals surface area contributed by atoms with E-state index in [4.69, 9.17) is 21.9 Å². The van der Waals surface area contributed by atoms with Gasteiger partial charge in [0.25, 0.3) is 0 Å². The minimum absolute atomic E-state index is 0.0932. The second-order valence-electron chi connectivity index (χ2n) is 3.99. The maximum absolute atomic E-state index is 5.91. The highest BCUT2D eigenvalue weighted by molar-refractivity contribution is 6.30. The minimum atomic E-state index is 0.0932. The number of nitrogens with two attached hydrogens (primary N) is 1. The normalized spacial score (nSPS) is 12.6. The standard InChI is InChI=1S/C12H14ClN3O/c1-8(7-14)12-15-11(16-17-12)6-9-3-2-4-10(13)5-9/h2-5,8H,6-7,14H2,1H3. The molecule has 0 aliphatic carbocycles. The zero-order chi connectivity index (χ0) is 12.3. The maximum atomic E-state index is 5.91. The quantitative estimate of drug-likeness (QED) is 0.906. The Balaban J connectivity index is 2.11. The first-order valence-corrected chi connectivity index (χ1v) is 5.84. The van der Waals surface area contributed by atoms with E-state index < -0.39 is 0 Å². The zero-order valence-corrected chi connectivity index (χ0v) is 10.3. The van der Waals surface area contributed by atoms with Crippen molar-refractivity contribution in [2.75, 3.05) is 6.54 Å². The summed E-state index contributed by atoms with van der Waals surface area (Å²) in [5.74, 6) is 1.34. The SMILES string of the molecule is CC(CN)c1nc(Cc2cccc(Cl)c2)no1. The number of benzene rings is 1. The highest BCUT2D eigenvalue weighted by Crippen LogP contribution is 2.15. The fourth-order valence-electron chi connectivity index (χ4n) is 1.47. The van der Waals surface area contributed by atoms with Gasteiger partial charge in [-0.25, -0.2) is 0 Å². The number of nitrogens with zero attached hydrogens (tertiary/aromatic N) is 2. The fraction of sp³-hybridized carbons (Fsp3) is 0.333. The Hall–Kier alpha value is -1.39. The van der Waals surface area contributed by atoms with Crippen molar-refractivity contribution >= 4 is 11.6 Å². The van der Waals surface area contributed by atoms with Crippen LogP contribution in [0.5, 0.6) is 0 Å². The molecule has 0 aliphatic rings. The van der Waals surface area contributed by atoms with Gasteiger partial charge in [0.15, 0.2) is 5.82 Å². The van der Waals surface area contributed by atoms with Crippen LogP contribution in [-0.2, 0) is 6.42 Å². The van der Waals surface area contributed by atoms with E-state index in [0.717, 1.165) is 5.56 Å². The van der Waals surface area contributed by atoms with Crippen LogP contribution in [0.15, 0.2) is 28.8 Å². The van der Waals surface area contributed by atoms with Crippen LogP contribution < -0.4 is 5.73 Å². The van der Waals surface area contributed by atoms with Crippen LogP contribution in [0.3, 0.4) is 0 Å². The van der Waals surface area contributed by atoms with Gasteiger partial charge in [0.05, 0.1) is 0 Å². The van der Waals surface area contributed by atoms with Gasteiger partial charge in [0.1, 0.15) is 0 Å². The molecule has 1 atom stereocenters. The molecule has 1 aromatic heterocycles. The smallest absolute Gasteiger partial charge is 0.230 e. The molecule has 0 fully saturated rings. The Labute approximate surface area is 105 Å². The average molecular weight is 252 g/mol. The fourth-order valence-corrected chi connectivity index (χ4v) is 1.68. The topological polar surface area (TPSA) is 64.9 Å². The van der Waals surface area contributed by atoms with Gasteiger partial charge in [-0.15, -0.1) is 0 Å². The first-order valence-electron chi connectivity index (χ1n) is 5.46. The van der Waals surface area contributed by atoms with Crippen molar-refractivity contribution in [1.29, 1.82) is 0 Å². The van der Waals surface area contributed by atoms with Crippen molar-refractivity contribution in [3.63, 3.8) is 0 Å². The molecule has 2 rings (SSSR count). The summed E-state index contributed by atoms with van der Waals surface area (Å²) in [6, 6.07) is 7.61. The van der Waals surface area contributed by atoms with Crippen LogP contribution in [-0.4, -0.2) is 16.7 Å². The molecule has 0 spiro atoms. The van der Waals surface area contributed by atoms with Crippen LogP contribution in [0.1, 0.15) is 30.1 Å². The molecule has 1 unspecified atom stereocenters. The van der Waals surface area contributed by atoms with Gasteiger partial charge in [-0.1, -0.05) is 35.8 Å². The first kappa shape index (κ1) is 12.1. The third-order valence-corrected chi connectivity index (χ3v) is 2.75. The molecule has 4 nitrogen and oxygen atoms in total. The van der Waals surface area contributed by atoms with Crippen molar-refractivity contribution < 1.29 is 4.52 Å². The molecule has 0 aliphatic heterocycles. The Morgan fingerprint density at radius 2 is 2.29 bits per heavy atom. The van der Waals surface area contributed by atoms with Gasteiger partial charge in [-0.2, -0.15) is 4.98 Å². The summed E-state index contributed by atoms with van der Waals surface area (Å²) in [4.78, 5) is 4.31. The molecular formula is C12H14ClN3O. The molecule has 90 valence electrons. The van der Waals surface area contributed by atoms with Gasteiger partial charge < -0.3 is 10.3 Å². The Morgan fingerprint density at radius 1 is 1.47 bits per heavy atom. The monoisotopic (exact) mass is 251 g/mol. The number of rotatable bonds is 4. The summed E-state index contributed by atoms with van der Waals surface area (Å²) in [7, 11) is 0. The van der Waals surface area contributed by atoms with Gasteiger partial charge in [0, 0.05) is 23.9 Å². The van der Waals surface area contributed by atoms with Crippen molar-refractivity contribution in [2.24, 2.45) is 5.73 Å². The summed E-state index contributed by atoms with van der Waals surface area (Å²) in [5.41, 5.74) is 6.60. The van der Waals surface area contributed by atoms with Gasteiger partial charge in [0.2, 0.25) is 5.89 Å². The van der Waals surface area contributed by atoms with Crippen LogP contribution >= 0.6 is 11.6 Å². The van der Waals surface area contributed by atoms with E-state index in [1.807, 2.05) is 31.2 Å². The molecule has 0 saturated carbocycles. The molecule has 1 heterocycles. The van der Waals surface area contributed by atoms with Crippen molar-refractivity contribution in [1.82, 2.24) is 10.1 Å². The maximum Gasteiger partial charge on any atom is 0.230 e. The van der Waals surface area contributed by atoms with E-state index in [-0.39, 0.29) is 5.92 Å². The minimum Gasteiger partial charge on any atom is -0.339 e. The third-order valence-electron chi connectivity index (χ3n) is 2.51. The summed E-state index contributed by atoms with van der Waals surface area (Å²) in [5, 5.41) is 4.64. The molecule has 0 saturated heterocycles. The Kier molecular flexibility index (Phi) is 3.76. The van der Waals surface area contributed by atoms with Crippen molar-refractivity contribution in [2.45, 2.75) is 19.3 Å². The van der Waals surface area contributed by atoms with E-state index in [1.54, 1.807) is 0 Å². The van der Waals surface area contributed by atoms with Crippen LogP contribution in [0.25, 0.3) is 0 Å². The van der Waals surface area contributed by atoms with E-state index in [1.165, 1.54) is 0 Å². The number of aromatic nitrogens is 2. The summed E-state index contributed by atoms with van der Waals surface area (Å²) in [6.45, 7) is 2.45. The number of hydrogen-bond acceptors (Lipinski definition) is 4. The Morgan fingerprint density at radius 3 is 3.00 bits per heavy atom. The lowest BCUT2D eigenvalue weighted by Crippen LogP contribution is -2.09. The van der Waals surface area contributed by atoms with Gasteiger partial charge in [-0.05, 0) is 17.7 Å².